The van der Waals surface area contributed by atoms with Crippen molar-refractivity contribution in [2.75, 3.05) is 0 Å². The second-order valence-electron chi connectivity index (χ2n) is 4.15. The minimum absolute atomic E-state index is 0. The molecule has 3 atom stereocenters. The second-order valence-corrected chi connectivity index (χ2v) is 4.15. The Hall–Kier alpha value is -0.910. The van der Waals surface area contributed by atoms with Gasteiger partial charge in [0.15, 0.2) is 0 Å². The average Bonchev–Trinajstić information content (AvgIpc) is 2.92. The summed E-state index contributed by atoms with van der Waals surface area (Å²) in [5.41, 5.74) is 5.78. The minimum Gasteiger partial charge on any atom is -0.360 e. The SMILES string of the molecule is C1=CC2OC2C2=C1c1ccccc1C2.P. The van der Waals surface area contributed by atoms with Gasteiger partial charge in [-0.3, -0.25) is 0 Å². The molecule has 1 fully saturated rings. The zero-order valence-electron chi connectivity index (χ0n) is 8.44. The van der Waals surface area contributed by atoms with Crippen LogP contribution < -0.4 is 0 Å². The van der Waals surface area contributed by atoms with Gasteiger partial charge in [0.25, 0.3) is 0 Å². The van der Waals surface area contributed by atoms with E-state index in [0.717, 1.165) is 6.42 Å². The lowest BCUT2D eigenvalue weighted by Crippen LogP contribution is -2.01. The monoisotopic (exact) mass is 216 g/mol. The Balaban J connectivity index is 0.000000722. The normalized spacial score (nSPS) is 29.1. The predicted octanol–water partition coefficient (Wildman–Crippen LogP) is 2.39. The van der Waals surface area contributed by atoms with Gasteiger partial charge in [-0.1, -0.05) is 36.4 Å². The van der Waals surface area contributed by atoms with Crippen LogP contribution in [0.2, 0.25) is 0 Å². The molecular weight excluding hydrogens is 203 g/mol. The fourth-order valence-electron chi connectivity index (χ4n) is 2.60. The van der Waals surface area contributed by atoms with E-state index in [1.54, 1.807) is 0 Å². The number of hydrogen-bond donors (Lipinski definition) is 0. The standard InChI is InChI=1S/C13H10O.H3P/c1-2-4-9-8(3-1)7-11-10(9)5-6-12-13(11)14-12;/h1-6,12-13H,7H2;1H3. The molecule has 4 rings (SSSR count). The van der Waals surface area contributed by atoms with Gasteiger partial charge in [0.05, 0.1) is 0 Å². The fraction of sp³-hybridized carbons (Fsp3) is 0.231. The third kappa shape index (κ3) is 1.17. The van der Waals surface area contributed by atoms with Gasteiger partial charge < -0.3 is 4.74 Å². The molecule has 1 aliphatic heterocycles. The van der Waals surface area contributed by atoms with Gasteiger partial charge in [-0.25, -0.2) is 0 Å². The molecule has 0 bridgehead atoms. The van der Waals surface area contributed by atoms with Gasteiger partial charge in [0, 0.05) is 0 Å². The summed E-state index contributed by atoms with van der Waals surface area (Å²) in [6, 6.07) is 8.66. The quantitative estimate of drug-likeness (QED) is 0.479. The van der Waals surface area contributed by atoms with Crippen LogP contribution in [0.3, 0.4) is 0 Å². The van der Waals surface area contributed by atoms with Crippen molar-refractivity contribution in [2.45, 2.75) is 18.6 Å². The Kier molecular flexibility index (Phi) is 1.89. The lowest BCUT2D eigenvalue weighted by molar-refractivity contribution is 0.407. The zero-order valence-corrected chi connectivity index (χ0v) is 9.86. The summed E-state index contributed by atoms with van der Waals surface area (Å²) < 4.78 is 5.58. The molecule has 1 nitrogen and oxygen atoms in total. The van der Waals surface area contributed by atoms with Crippen molar-refractivity contribution in [2.24, 2.45) is 0 Å². The Bertz CT molecular complexity index is 487. The molecule has 0 radical (unpaired) electrons. The van der Waals surface area contributed by atoms with Gasteiger partial charge in [-0.05, 0) is 28.7 Å². The Morgan fingerprint density at radius 3 is 3.00 bits per heavy atom. The maximum Gasteiger partial charge on any atom is 0.110 e. The molecule has 76 valence electrons. The van der Waals surface area contributed by atoms with Gasteiger partial charge in [-0.2, -0.15) is 9.90 Å². The van der Waals surface area contributed by atoms with E-state index in [1.165, 1.54) is 22.3 Å². The number of fused-ring (bicyclic) bond motifs is 4. The molecule has 0 spiro atoms. The molecule has 1 heterocycles. The first-order chi connectivity index (χ1) is 6.93. The van der Waals surface area contributed by atoms with Crippen molar-refractivity contribution in [1.29, 1.82) is 0 Å². The summed E-state index contributed by atoms with van der Waals surface area (Å²) in [5.74, 6) is 0. The van der Waals surface area contributed by atoms with Gasteiger partial charge in [0.1, 0.15) is 12.2 Å². The second kappa shape index (κ2) is 3.04. The van der Waals surface area contributed by atoms with Crippen molar-refractivity contribution < 1.29 is 4.74 Å². The van der Waals surface area contributed by atoms with E-state index in [-0.39, 0.29) is 9.90 Å². The third-order valence-corrected chi connectivity index (χ3v) is 3.36. The summed E-state index contributed by atoms with van der Waals surface area (Å²) >= 11 is 0. The van der Waals surface area contributed by atoms with E-state index < -0.39 is 0 Å². The molecule has 2 heteroatoms. The van der Waals surface area contributed by atoms with Crippen molar-refractivity contribution in [3.63, 3.8) is 0 Å². The maximum absolute atomic E-state index is 5.58. The van der Waals surface area contributed by atoms with Gasteiger partial charge >= 0.3 is 0 Å². The zero-order chi connectivity index (χ0) is 9.12. The summed E-state index contributed by atoms with van der Waals surface area (Å²) in [6.07, 6.45) is 6.31. The number of rotatable bonds is 0. The first kappa shape index (κ1) is 9.33. The van der Waals surface area contributed by atoms with Crippen LogP contribution in [0.5, 0.6) is 0 Å². The molecule has 1 saturated heterocycles. The highest BCUT2D eigenvalue weighted by atomic mass is 31.0. The van der Waals surface area contributed by atoms with E-state index in [9.17, 15) is 0 Å². The largest absolute Gasteiger partial charge is 0.360 e. The van der Waals surface area contributed by atoms with E-state index in [0.29, 0.717) is 12.2 Å². The molecule has 0 saturated carbocycles. The first-order valence-corrected chi connectivity index (χ1v) is 5.08. The predicted molar refractivity (Wildman–Crippen MR) is 66.0 cm³/mol. The topological polar surface area (TPSA) is 12.5 Å². The molecular formula is C13H13OP. The number of benzene rings is 1. The average molecular weight is 216 g/mol. The number of hydrogen-bond acceptors (Lipinski definition) is 1. The summed E-state index contributed by atoms with van der Waals surface area (Å²) in [7, 11) is 0. The molecule has 0 N–H and O–H groups in total. The summed E-state index contributed by atoms with van der Waals surface area (Å²) in [4.78, 5) is 0. The Morgan fingerprint density at radius 2 is 2.07 bits per heavy atom. The van der Waals surface area contributed by atoms with Crippen molar-refractivity contribution in [1.82, 2.24) is 0 Å². The van der Waals surface area contributed by atoms with Crippen LogP contribution in [0.1, 0.15) is 11.1 Å². The molecule has 3 unspecified atom stereocenters. The lowest BCUT2D eigenvalue weighted by Gasteiger charge is -2.03. The molecule has 1 aromatic rings. The van der Waals surface area contributed by atoms with Crippen LogP contribution in [-0.4, -0.2) is 12.2 Å². The molecule has 1 aromatic carbocycles. The molecule has 0 amide bonds. The van der Waals surface area contributed by atoms with Crippen molar-refractivity contribution in [3.8, 4) is 0 Å². The summed E-state index contributed by atoms with van der Waals surface area (Å²) in [6.45, 7) is 0. The number of allylic oxidation sites excluding steroid dienone is 2. The maximum atomic E-state index is 5.58. The van der Waals surface area contributed by atoms with Crippen molar-refractivity contribution in [3.05, 3.63) is 53.1 Å². The van der Waals surface area contributed by atoms with E-state index in [2.05, 4.69) is 36.4 Å². The van der Waals surface area contributed by atoms with Crippen LogP contribution in [0.4, 0.5) is 0 Å². The van der Waals surface area contributed by atoms with Gasteiger partial charge in [-0.15, -0.1) is 0 Å². The fourth-order valence-corrected chi connectivity index (χ4v) is 2.60. The number of ether oxygens (including phenoxy) is 1. The lowest BCUT2D eigenvalue weighted by atomic mass is 9.98. The highest BCUT2D eigenvalue weighted by molar-refractivity contribution is 6.92. The molecule has 2 aliphatic carbocycles. The van der Waals surface area contributed by atoms with E-state index >= 15 is 0 Å². The highest BCUT2D eigenvalue weighted by Gasteiger charge is 2.44. The Labute approximate surface area is 92.5 Å². The van der Waals surface area contributed by atoms with E-state index in [4.69, 9.17) is 4.74 Å². The molecule has 0 aromatic heterocycles. The Morgan fingerprint density at radius 1 is 1.20 bits per heavy atom. The van der Waals surface area contributed by atoms with Crippen LogP contribution in [0, 0.1) is 0 Å². The smallest absolute Gasteiger partial charge is 0.110 e. The minimum atomic E-state index is 0. The highest BCUT2D eigenvalue weighted by Crippen LogP contribution is 2.45. The molecule has 15 heavy (non-hydrogen) atoms. The molecule has 3 aliphatic rings. The van der Waals surface area contributed by atoms with Gasteiger partial charge in [0.2, 0.25) is 0 Å². The van der Waals surface area contributed by atoms with E-state index in [1.807, 2.05) is 0 Å². The summed E-state index contributed by atoms with van der Waals surface area (Å²) in [5, 5.41) is 0. The van der Waals surface area contributed by atoms with Crippen LogP contribution in [0.25, 0.3) is 5.57 Å². The van der Waals surface area contributed by atoms with Crippen LogP contribution in [0.15, 0.2) is 42.0 Å². The van der Waals surface area contributed by atoms with Crippen LogP contribution in [-0.2, 0) is 11.2 Å². The third-order valence-electron chi connectivity index (χ3n) is 3.36. The number of epoxide rings is 1. The van der Waals surface area contributed by atoms with Crippen molar-refractivity contribution >= 4 is 15.5 Å². The first-order valence-electron chi connectivity index (χ1n) is 5.08. The van der Waals surface area contributed by atoms with Crippen LogP contribution >= 0.6 is 9.90 Å².